The Kier molecular flexibility index (Phi) is 4.51. The minimum Gasteiger partial charge on any atom is -0.241 e. The van der Waals surface area contributed by atoms with Crippen LogP contribution in [0, 0.1) is 27.7 Å². The first-order chi connectivity index (χ1) is 7.58. The average Bonchev–Trinajstić information content (AvgIpc) is 2.28. The minimum atomic E-state index is 0.829. The van der Waals surface area contributed by atoms with Crippen molar-refractivity contribution in [2.24, 2.45) is 0 Å². The molecule has 2 aromatic rings. The predicted octanol–water partition coefficient (Wildman–Crippen LogP) is 2.19. The molecule has 0 aliphatic carbocycles. The van der Waals surface area contributed by atoms with Gasteiger partial charge in [-0.25, -0.2) is 19.9 Å². The van der Waals surface area contributed by atoms with Crippen molar-refractivity contribution in [3.63, 3.8) is 0 Å². The Balaban J connectivity index is 0.000000160. The van der Waals surface area contributed by atoms with Gasteiger partial charge in [0.2, 0.25) is 0 Å². The number of hydrogen-bond donors (Lipinski definition) is 0. The van der Waals surface area contributed by atoms with Gasteiger partial charge in [-0.2, -0.15) is 0 Å². The van der Waals surface area contributed by atoms with Crippen molar-refractivity contribution in [1.82, 2.24) is 19.9 Å². The number of hydrogen-bond acceptors (Lipinski definition) is 4. The Morgan fingerprint density at radius 1 is 0.562 bits per heavy atom. The fraction of sp³-hybridized carbons (Fsp3) is 0.333. The van der Waals surface area contributed by atoms with E-state index in [4.69, 9.17) is 0 Å². The quantitative estimate of drug-likeness (QED) is 0.677. The molecule has 0 bridgehead atoms. The molecule has 2 rings (SSSR count). The largest absolute Gasteiger partial charge is 0.241 e. The highest BCUT2D eigenvalue weighted by Gasteiger charge is 1.83. The number of aromatic nitrogens is 4. The monoisotopic (exact) mass is 216 g/mol. The van der Waals surface area contributed by atoms with Crippen LogP contribution in [0.3, 0.4) is 0 Å². The van der Waals surface area contributed by atoms with Gasteiger partial charge < -0.3 is 0 Å². The van der Waals surface area contributed by atoms with Crippen molar-refractivity contribution in [1.29, 1.82) is 0 Å². The van der Waals surface area contributed by atoms with Crippen molar-refractivity contribution >= 4 is 0 Å². The Bertz CT molecular complexity index is 334. The Morgan fingerprint density at radius 3 is 1.00 bits per heavy atom. The van der Waals surface area contributed by atoms with E-state index in [9.17, 15) is 0 Å². The molecule has 0 N–H and O–H groups in total. The van der Waals surface area contributed by atoms with E-state index in [1.54, 1.807) is 0 Å². The summed E-state index contributed by atoms with van der Waals surface area (Å²) in [5.41, 5.74) is 2.21. The highest BCUT2D eigenvalue weighted by atomic mass is 14.8. The first kappa shape index (κ1) is 12.2. The molecular formula is C12H16N4. The second kappa shape index (κ2) is 5.90. The molecule has 0 unspecified atom stereocenters. The first-order valence-corrected chi connectivity index (χ1v) is 5.08. The van der Waals surface area contributed by atoms with E-state index >= 15 is 0 Å². The zero-order valence-corrected chi connectivity index (χ0v) is 10.1. The van der Waals surface area contributed by atoms with Gasteiger partial charge in [0.05, 0.1) is 0 Å². The van der Waals surface area contributed by atoms with Gasteiger partial charge in [-0.15, -0.1) is 0 Å². The van der Waals surface area contributed by atoms with Gasteiger partial charge in [0.25, 0.3) is 0 Å². The highest BCUT2D eigenvalue weighted by molar-refractivity contribution is 5.01. The summed E-state index contributed by atoms with van der Waals surface area (Å²) in [6.07, 6.45) is 7.23. The van der Waals surface area contributed by atoms with Crippen molar-refractivity contribution in [3.8, 4) is 0 Å². The summed E-state index contributed by atoms with van der Waals surface area (Å²) in [5.74, 6) is 1.66. The maximum atomic E-state index is 3.97. The molecule has 0 atom stereocenters. The van der Waals surface area contributed by atoms with E-state index in [1.165, 1.54) is 0 Å². The van der Waals surface area contributed by atoms with Gasteiger partial charge in [-0.05, 0) is 38.8 Å². The van der Waals surface area contributed by atoms with Gasteiger partial charge in [-0.3, -0.25) is 0 Å². The van der Waals surface area contributed by atoms with E-state index in [-0.39, 0.29) is 0 Å². The smallest absolute Gasteiger partial charge is 0.125 e. The van der Waals surface area contributed by atoms with Crippen LogP contribution in [0.2, 0.25) is 0 Å². The Morgan fingerprint density at radius 2 is 0.812 bits per heavy atom. The van der Waals surface area contributed by atoms with Gasteiger partial charge in [-0.1, -0.05) is 0 Å². The molecule has 0 amide bonds. The van der Waals surface area contributed by atoms with Crippen LogP contribution < -0.4 is 0 Å². The Labute approximate surface area is 95.8 Å². The second-order valence-electron chi connectivity index (χ2n) is 3.62. The molecule has 2 heterocycles. The molecule has 0 radical (unpaired) electrons. The third kappa shape index (κ3) is 4.59. The third-order valence-corrected chi connectivity index (χ3v) is 1.82. The fourth-order valence-corrected chi connectivity index (χ4v) is 0.914. The maximum Gasteiger partial charge on any atom is 0.125 e. The van der Waals surface area contributed by atoms with Crippen molar-refractivity contribution in [2.75, 3.05) is 0 Å². The lowest BCUT2D eigenvalue weighted by molar-refractivity contribution is 1.03. The van der Waals surface area contributed by atoms with E-state index in [0.717, 1.165) is 22.8 Å². The van der Waals surface area contributed by atoms with Gasteiger partial charge in [0.15, 0.2) is 0 Å². The zero-order valence-electron chi connectivity index (χ0n) is 10.1. The van der Waals surface area contributed by atoms with E-state index in [1.807, 2.05) is 52.5 Å². The molecule has 0 saturated heterocycles. The Hall–Kier alpha value is -1.84. The van der Waals surface area contributed by atoms with Crippen LogP contribution in [0.15, 0.2) is 24.8 Å². The fourth-order valence-electron chi connectivity index (χ4n) is 0.914. The van der Waals surface area contributed by atoms with Crippen molar-refractivity contribution in [3.05, 3.63) is 47.6 Å². The van der Waals surface area contributed by atoms with Crippen LogP contribution in [0.1, 0.15) is 22.8 Å². The van der Waals surface area contributed by atoms with Gasteiger partial charge in [0.1, 0.15) is 11.6 Å². The van der Waals surface area contributed by atoms with Crippen LogP contribution in [0.4, 0.5) is 0 Å². The van der Waals surface area contributed by atoms with Crippen LogP contribution in [-0.2, 0) is 0 Å². The molecule has 4 nitrogen and oxygen atoms in total. The SMILES string of the molecule is Cc1cnc(C)nc1.Cc1cnc(C)nc1. The van der Waals surface area contributed by atoms with Crippen LogP contribution >= 0.6 is 0 Å². The summed E-state index contributed by atoms with van der Waals surface area (Å²) in [6, 6.07) is 0. The summed E-state index contributed by atoms with van der Waals surface area (Å²) in [5, 5.41) is 0. The molecule has 0 spiro atoms. The molecule has 0 aliphatic heterocycles. The maximum absolute atomic E-state index is 3.97. The standard InChI is InChI=1S/2C6H8N2/c2*1-5-3-7-6(2)8-4-5/h2*3-4H,1-2H3. The summed E-state index contributed by atoms with van der Waals surface area (Å²) in [6.45, 7) is 7.69. The molecule has 2 aromatic heterocycles. The van der Waals surface area contributed by atoms with Gasteiger partial charge >= 0.3 is 0 Å². The van der Waals surface area contributed by atoms with Crippen molar-refractivity contribution in [2.45, 2.75) is 27.7 Å². The number of rotatable bonds is 0. The summed E-state index contributed by atoms with van der Waals surface area (Å²) >= 11 is 0. The molecule has 0 saturated carbocycles. The lowest BCUT2D eigenvalue weighted by Gasteiger charge is -1.88. The topological polar surface area (TPSA) is 51.6 Å². The normalized spacial score (nSPS) is 9.25. The number of nitrogens with zero attached hydrogens (tertiary/aromatic N) is 4. The highest BCUT2D eigenvalue weighted by Crippen LogP contribution is 1.90. The summed E-state index contributed by atoms with van der Waals surface area (Å²) in [4.78, 5) is 15.9. The lowest BCUT2D eigenvalue weighted by atomic mass is 10.4. The summed E-state index contributed by atoms with van der Waals surface area (Å²) < 4.78 is 0. The number of aryl methyl sites for hydroxylation is 4. The van der Waals surface area contributed by atoms with Crippen LogP contribution in [-0.4, -0.2) is 19.9 Å². The van der Waals surface area contributed by atoms with E-state index < -0.39 is 0 Å². The average molecular weight is 216 g/mol. The molecule has 0 fully saturated rings. The van der Waals surface area contributed by atoms with Crippen LogP contribution in [0.25, 0.3) is 0 Å². The molecule has 0 aromatic carbocycles. The third-order valence-electron chi connectivity index (χ3n) is 1.82. The molecule has 16 heavy (non-hydrogen) atoms. The molecule has 4 heteroatoms. The summed E-state index contributed by atoms with van der Waals surface area (Å²) in [7, 11) is 0. The lowest BCUT2D eigenvalue weighted by Crippen LogP contribution is -1.84. The minimum absolute atomic E-state index is 0.829. The second-order valence-corrected chi connectivity index (χ2v) is 3.62. The molecular weight excluding hydrogens is 200 g/mol. The molecule has 84 valence electrons. The van der Waals surface area contributed by atoms with Crippen molar-refractivity contribution < 1.29 is 0 Å². The van der Waals surface area contributed by atoms with E-state index in [2.05, 4.69) is 19.9 Å². The zero-order chi connectivity index (χ0) is 12.0. The predicted molar refractivity (Wildman–Crippen MR) is 63.0 cm³/mol. The van der Waals surface area contributed by atoms with Gasteiger partial charge in [0, 0.05) is 24.8 Å². The van der Waals surface area contributed by atoms with Crippen LogP contribution in [0.5, 0.6) is 0 Å². The first-order valence-electron chi connectivity index (χ1n) is 5.08. The van der Waals surface area contributed by atoms with E-state index in [0.29, 0.717) is 0 Å². The molecule has 0 aliphatic rings.